The van der Waals surface area contributed by atoms with Gasteiger partial charge in [0.2, 0.25) is 0 Å². The van der Waals surface area contributed by atoms with Crippen LogP contribution in [0.1, 0.15) is 0 Å². The molecule has 0 aliphatic carbocycles. The van der Waals surface area contributed by atoms with Crippen LogP contribution in [0.4, 0.5) is 11.4 Å². The van der Waals surface area contributed by atoms with Gasteiger partial charge in [0, 0.05) is 30.3 Å². The van der Waals surface area contributed by atoms with Gasteiger partial charge < -0.3 is 4.90 Å². The molecule has 0 bridgehead atoms. The van der Waals surface area contributed by atoms with Crippen molar-refractivity contribution in [1.29, 1.82) is 0 Å². The molecule has 0 fully saturated rings. The zero-order valence-electron chi connectivity index (χ0n) is 9.38. The first kappa shape index (κ1) is 13.0. The molecule has 1 heterocycles. The molecule has 92 valence electrons. The highest BCUT2D eigenvalue weighted by atomic mass is 79.9. The lowest BCUT2D eigenvalue weighted by Gasteiger charge is -2.30. The largest absolute Gasteiger partial charge is 0.343 e. The molecule has 0 N–H and O–H groups in total. The van der Waals surface area contributed by atoms with Crippen molar-refractivity contribution < 1.29 is 0 Å². The van der Waals surface area contributed by atoms with Gasteiger partial charge in [-0.05, 0) is 62.2 Å². The summed E-state index contributed by atoms with van der Waals surface area (Å²) in [7, 11) is 2.10. The summed E-state index contributed by atoms with van der Waals surface area (Å²) in [6.45, 7) is 0. The minimum Gasteiger partial charge on any atom is -0.343 e. The Kier molecular flexibility index (Phi) is 3.51. The van der Waals surface area contributed by atoms with Crippen LogP contribution in [-0.4, -0.2) is 7.05 Å². The second-order valence-corrected chi connectivity index (χ2v) is 7.72. The van der Waals surface area contributed by atoms with E-state index in [4.69, 9.17) is 0 Å². The van der Waals surface area contributed by atoms with Gasteiger partial charge in [-0.15, -0.1) is 0 Å². The van der Waals surface area contributed by atoms with Crippen LogP contribution >= 0.6 is 59.6 Å². The van der Waals surface area contributed by atoms with E-state index in [1.165, 1.54) is 21.2 Å². The van der Waals surface area contributed by atoms with E-state index in [1.54, 1.807) is 11.8 Å². The summed E-state index contributed by atoms with van der Waals surface area (Å²) in [6, 6.07) is 10.7. The van der Waals surface area contributed by atoms with Crippen LogP contribution in [0.3, 0.4) is 0 Å². The SMILES string of the molecule is CN1c2cc(Br)ccc2Sc2cc(Br)c(Br)cc21. The van der Waals surface area contributed by atoms with Crippen LogP contribution in [0.2, 0.25) is 0 Å². The molecule has 0 atom stereocenters. The molecule has 0 amide bonds. The summed E-state index contributed by atoms with van der Waals surface area (Å²) >= 11 is 12.5. The molecule has 2 aromatic carbocycles. The van der Waals surface area contributed by atoms with E-state index in [2.05, 4.69) is 90.1 Å². The fourth-order valence-electron chi connectivity index (χ4n) is 1.95. The van der Waals surface area contributed by atoms with Crippen molar-refractivity contribution >= 4 is 70.9 Å². The summed E-state index contributed by atoms with van der Waals surface area (Å²) in [5, 5.41) is 0. The summed E-state index contributed by atoms with van der Waals surface area (Å²) in [5.41, 5.74) is 2.46. The molecule has 0 radical (unpaired) electrons. The molecule has 3 rings (SSSR count). The van der Waals surface area contributed by atoms with E-state index in [0.717, 1.165) is 13.4 Å². The average molecular weight is 450 g/mol. The van der Waals surface area contributed by atoms with Crippen molar-refractivity contribution in [3.63, 3.8) is 0 Å². The van der Waals surface area contributed by atoms with Crippen LogP contribution in [0.25, 0.3) is 0 Å². The molecule has 0 saturated heterocycles. The minimum absolute atomic E-state index is 1.08. The van der Waals surface area contributed by atoms with Crippen molar-refractivity contribution in [2.75, 3.05) is 11.9 Å². The number of hydrogen-bond donors (Lipinski definition) is 0. The highest BCUT2D eigenvalue weighted by Crippen LogP contribution is 2.50. The zero-order valence-corrected chi connectivity index (χ0v) is 15.0. The average Bonchev–Trinajstić information content (AvgIpc) is 2.33. The number of rotatable bonds is 0. The number of nitrogens with zero attached hydrogens (tertiary/aromatic N) is 1. The quantitative estimate of drug-likeness (QED) is 0.470. The Hall–Kier alpha value is 0.0300. The second-order valence-electron chi connectivity index (χ2n) is 4.01. The van der Waals surface area contributed by atoms with Crippen molar-refractivity contribution in [3.8, 4) is 0 Å². The molecule has 0 saturated carbocycles. The summed E-state index contributed by atoms with van der Waals surface area (Å²) < 4.78 is 3.27. The first-order chi connectivity index (χ1) is 8.56. The molecule has 1 aliphatic rings. The van der Waals surface area contributed by atoms with Crippen molar-refractivity contribution in [2.24, 2.45) is 0 Å². The maximum Gasteiger partial charge on any atom is 0.0562 e. The predicted octanol–water partition coefficient (Wildman–Crippen LogP) is 6.21. The second kappa shape index (κ2) is 4.85. The Balaban J connectivity index is 2.19. The van der Waals surface area contributed by atoms with Crippen LogP contribution in [0, 0.1) is 0 Å². The monoisotopic (exact) mass is 447 g/mol. The maximum atomic E-state index is 3.56. The molecule has 1 nitrogen and oxygen atoms in total. The van der Waals surface area contributed by atoms with Gasteiger partial charge in [0.15, 0.2) is 0 Å². The van der Waals surface area contributed by atoms with E-state index in [0.29, 0.717) is 0 Å². The third-order valence-electron chi connectivity index (χ3n) is 2.87. The molecule has 5 heteroatoms. The number of hydrogen-bond acceptors (Lipinski definition) is 2. The van der Waals surface area contributed by atoms with Crippen molar-refractivity contribution in [2.45, 2.75) is 9.79 Å². The van der Waals surface area contributed by atoms with Gasteiger partial charge in [-0.25, -0.2) is 0 Å². The molecule has 18 heavy (non-hydrogen) atoms. The van der Waals surface area contributed by atoms with Crippen molar-refractivity contribution in [1.82, 2.24) is 0 Å². The third-order valence-corrected chi connectivity index (χ3v) is 6.32. The Morgan fingerprint density at radius 1 is 0.889 bits per heavy atom. The molecule has 2 aromatic rings. The fraction of sp³-hybridized carbons (Fsp3) is 0.0769. The maximum absolute atomic E-state index is 3.56. The van der Waals surface area contributed by atoms with E-state index in [1.807, 2.05) is 0 Å². The lowest BCUT2D eigenvalue weighted by Crippen LogP contribution is -2.14. The number of fused-ring (bicyclic) bond motifs is 2. The molecular formula is C13H8Br3NS. The number of halogens is 3. The normalized spacial score (nSPS) is 13.2. The summed E-state index contributed by atoms with van der Waals surface area (Å²) in [4.78, 5) is 4.77. The van der Waals surface area contributed by atoms with Crippen LogP contribution < -0.4 is 4.90 Å². The Labute approximate surface area is 135 Å². The topological polar surface area (TPSA) is 3.24 Å². The van der Waals surface area contributed by atoms with Crippen LogP contribution in [-0.2, 0) is 0 Å². The van der Waals surface area contributed by atoms with Gasteiger partial charge in [0.25, 0.3) is 0 Å². The van der Waals surface area contributed by atoms with Gasteiger partial charge in [-0.1, -0.05) is 27.7 Å². The van der Waals surface area contributed by atoms with E-state index >= 15 is 0 Å². The standard InChI is InChI=1S/C13H8Br3NS/c1-17-10-4-7(14)2-3-12(10)18-13-6-9(16)8(15)5-11(13)17/h2-6H,1H3. The van der Waals surface area contributed by atoms with Crippen LogP contribution in [0.15, 0.2) is 53.5 Å². The Bertz CT molecular complexity index is 642. The van der Waals surface area contributed by atoms with Gasteiger partial charge in [0.1, 0.15) is 0 Å². The Morgan fingerprint density at radius 2 is 1.56 bits per heavy atom. The molecule has 0 unspecified atom stereocenters. The summed E-state index contributed by atoms with van der Waals surface area (Å²) in [6.07, 6.45) is 0. The lowest BCUT2D eigenvalue weighted by molar-refractivity contribution is 1.10. The fourth-order valence-corrected chi connectivity index (χ4v) is 4.27. The predicted molar refractivity (Wildman–Crippen MR) is 88.2 cm³/mol. The van der Waals surface area contributed by atoms with E-state index in [-0.39, 0.29) is 0 Å². The zero-order chi connectivity index (χ0) is 12.9. The Morgan fingerprint density at radius 3 is 2.33 bits per heavy atom. The first-order valence-corrected chi connectivity index (χ1v) is 8.46. The van der Waals surface area contributed by atoms with Crippen molar-refractivity contribution in [3.05, 3.63) is 43.7 Å². The van der Waals surface area contributed by atoms with Gasteiger partial charge in [-0.2, -0.15) is 0 Å². The number of benzene rings is 2. The highest BCUT2D eigenvalue weighted by molar-refractivity contribution is 9.13. The smallest absolute Gasteiger partial charge is 0.0562 e. The molecular weight excluding hydrogens is 442 g/mol. The van der Waals surface area contributed by atoms with Gasteiger partial charge in [0.05, 0.1) is 11.4 Å². The van der Waals surface area contributed by atoms with Gasteiger partial charge >= 0.3 is 0 Å². The summed E-state index contributed by atoms with van der Waals surface area (Å²) in [5.74, 6) is 0. The highest BCUT2D eigenvalue weighted by Gasteiger charge is 2.21. The minimum atomic E-state index is 1.08. The molecule has 0 spiro atoms. The third kappa shape index (κ3) is 2.15. The van der Waals surface area contributed by atoms with E-state index in [9.17, 15) is 0 Å². The van der Waals surface area contributed by atoms with Crippen LogP contribution in [0.5, 0.6) is 0 Å². The number of anilines is 2. The lowest BCUT2D eigenvalue weighted by atomic mass is 10.2. The molecule has 0 aromatic heterocycles. The first-order valence-electron chi connectivity index (χ1n) is 5.26. The molecule has 1 aliphatic heterocycles. The van der Waals surface area contributed by atoms with E-state index < -0.39 is 0 Å². The van der Waals surface area contributed by atoms with Gasteiger partial charge in [-0.3, -0.25) is 0 Å².